The number of anilines is 1. The molecule has 0 aliphatic rings. The third kappa shape index (κ3) is 3.36. The first-order valence-corrected chi connectivity index (χ1v) is 6.86. The van der Waals surface area contributed by atoms with Crippen LogP contribution in [0.2, 0.25) is 0 Å². The number of hydrogen-bond donors (Lipinski definition) is 0. The second-order valence-corrected chi connectivity index (χ2v) is 4.58. The van der Waals surface area contributed by atoms with E-state index in [4.69, 9.17) is 4.74 Å². The lowest BCUT2D eigenvalue weighted by Gasteiger charge is -2.17. The molecule has 0 fully saturated rings. The molecular weight excluding hydrogens is 296 g/mol. The van der Waals surface area contributed by atoms with Gasteiger partial charge in [0, 0.05) is 31.3 Å². The number of halogens is 1. The van der Waals surface area contributed by atoms with Crippen LogP contribution in [0.3, 0.4) is 0 Å². The fourth-order valence-electron chi connectivity index (χ4n) is 1.53. The Kier molecular flexibility index (Phi) is 4.83. The van der Waals surface area contributed by atoms with Gasteiger partial charge in [0.2, 0.25) is 0 Å². The van der Waals surface area contributed by atoms with Gasteiger partial charge in [-0.2, -0.15) is 0 Å². The van der Waals surface area contributed by atoms with E-state index in [1.165, 1.54) is 0 Å². The molecule has 5 nitrogen and oxygen atoms in total. The Labute approximate surface area is 114 Å². The van der Waals surface area contributed by atoms with Crippen molar-refractivity contribution < 1.29 is 4.74 Å². The maximum atomic E-state index is 5.42. The van der Waals surface area contributed by atoms with Crippen LogP contribution in [0.4, 0.5) is 5.82 Å². The summed E-state index contributed by atoms with van der Waals surface area (Å²) in [5, 5.41) is 0.862. The number of alkyl halides is 1. The maximum Gasteiger partial charge on any atom is 0.180 e. The monoisotopic (exact) mass is 310 g/mol. The van der Waals surface area contributed by atoms with Crippen LogP contribution >= 0.6 is 15.9 Å². The molecule has 0 aromatic carbocycles. The molecule has 0 saturated heterocycles. The number of hydrogen-bond acceptors (Lipinski definition) is 5. The smallest absolute Gasteiger partial charge is 0.180 e. The predicted octanol–water partition coefficient (Wildman–Crippen LogP) is 1.87. The summed E-state index contributed by atoms with van der Waals surface area (Å²) in [6, 6.07) is 3.88. The van der Waals surface area contributed by atoms with E-state index in [0.717, 1.165) is 29.8 Å². The van der Waals surface area contributed by atoms with Crippen molar-refractivity contribution in [3.8, 4) is 0 Å². The Hall–Kier alpha value is -1.27. The molecule has 0 aliphatic heterocycles. The summed E-state index contributed by atoms with van der Waals surface area (Å²) >= 11 is 3.32. The van der Waals surface area contributed by atoms with Gasteiger partial charge in [0.15, 0.2) is 5.65 Å². The average Bonchev–Trinajstić information content (AvgIpc) is 2.43. The molecule has 18 heavy (non-hydrogen) atoms. The van der Waals surface area contributed by atoms with E-state index >= 15 is 0 Å². The number of likely N-dealkylation sites (N-methyl/N-ethyl adjacent to an activating group) is 1. The van der Waals surface area contributed by atoms with E-state index in [0.29, 0.717) is 12.3 Å². The fourth-order valence-corrected chi connectivity index (χ4v) is 1.76. The molecule has 0 unspecified atom stereocenters. The molecule has 0 bridgehead atoms. The molecule has 96 valence electrons. The van der Waals surface area contributed by atoms with Crippen LogP contribution in [-0.4, -0.2) is 47.1 Å². The molecule has 0 N–H and O–H groups in total. The first-order valence-electron chi connectivity index (χ1n) is 5.74. The van der Waals surface area contributed by atoms with Gasteiger partial charge >= 0.3 is 0 Å². The number of nitrogens with zero attached hydrogens (tertiary/aromatic N) is 4. The standard InChI is InChI=1S/C12H15BrN4O/c1-17(7-9-18-8-4-13)11-3-2-10-12(16-11)15-6-5-14-10/h2-3,5-6H,4,7-9H2,1H3. The van der Waals surface area contributed by atoms with Gasteiger partial charge in [0.1, 0.15) is 11.3 Å². The van der Waals surface area contributed by atoms with Crippen LogP contribution in [0.15, 0.2) is 24.5 Å². The molecule has 2 aromatic heterocycles. The summed E-state index contributed by atoms with van der Waals surface area (Å²) in [4.78, 5) is 14.9. The van der Waals surface area contributed by atoms with Crippen molar-refractivity contribution in [3.63, 3.8) is 0 Å². The SMILES string of the molecule is CN(CCOCCBr)c1ccc2nccnc2n1. The van der Waals surface area contributed by atoms with Gasteiger partial charge in [0.25, 0.3) is 0 Å². The highest BCUT2D eigenvalue weighted by Crippen LogP contribution is 2.13. The number of aromatic nitrogens is 3. The van der Waals surface area contributed by atoms with E-state index in [2.05, 4.69) is 30.9 Å². The zero-order valence-corrected chi connectivity index (χ0v) is 11.8. The van der Waals surface area contributed by atoms with E-state index in [1.54, 1.807) is 12.4 Å². The Morgan fingerprint density at radius 3 is 2.89 bits per heavy atom. The summed E-state index contributed by atoms with van der Waals surface area (Å²) < 4.78 is 5.42. The Balaban J connectivity index is 2.01. The molecule has 0 aliphatic carbocycles. The van der Waals surface area contributed by atoms with Crippen LogP contribution in [0.5, 0.6) is 0 Å². The number of rotatable bonds is 6. The summed E-state index contributed by atoms with van der Waals surface area (Å²) in [5.74, 6) is 0.880. The topological polar surface area (TPSA) is 51.1 Å². The van der Waals surface area contributed by atoms with Crippen molar-refractivity contribution in [2.24, 2.45) is 0 Å². The number of fused-ring (bicyclic) bond motifs is 1. The van der Waals surface area contributed by atoms with E-state index < -0.39 is 0 Å². The minimum atomic E-state index is 0.670. The molecule has 2 rings (SSSR count). The first-order chi connectivity index (χ1) is 8.81. The minimum Gasteiger partial charge on any atom is -0.379 e. The lowest BCUT2D eigenvalue weighted by molar-refractivity contribution is 0.157. The summed E-state index contributed by atoms with van der Waals surface area (Å²) in [6.07, 6.45) is 3.32. The maximum absolute atomic E-state index is 5.42. The highest BCUT2D eigenvalue weighted by Gasteiger charge is 2.04. The van der Waals surface area contributed by atoms with Crippen molar-refractivity contribution in [2.45, 2.75) is 0 Å². The summed E-state index contributed by atoms with van der Waals surface area (Å²) in [5.41, 5.74) is 1.48. The number of pyridine rings is 1. The highest BCUT2D eigenvalue weighted by molar-refractivity contribution is 9.09. The largest absolute Gasteiger partial charge is 0.379 e. The van der Waals surface area contributed by atoms with Crippen LogP contribution in [-0.2, 0) is 4.74 Å². The van der Waals surface area contributed by atoms with E-state index in [-0.39, 0.29) is 0 Å². The molecular formula is C12H15BrN4O. The third-order valence-electron chi connectivity index (χ3n) is 2.50. The predicted molar refractivity (Wildman–Crippen MR) is 75.2 cm³/mol. The molecule has 2 heterocycles. The first kappa shape index (κ1) is 13.2. The van der Waals surface area contributed by atoms with Gasteiger partial charge < -0.3 is 9.64 Å². The average molecular weight is 311 g/mol. The van der Waals surface area contributed by atoms with Crippen LogP contribution in [0.25, 0.3) is 11.2 Å². The highest BCUT2D eigenvalue weighted by atomic mass is 79.9. The van der Waals surface area contributed by atoms with E-state index in [9.17, 15) is 0 Å². The second kappa shape index (κ2) is 6.61. The molecule has 0 radical (unpaired) electrons. The van der Waals surface area contributed by atoms with Gasteiger partial charge in [0.05, 0.1) is 13.2 Å². The molecule has 0 saturated carbocycles. The van der Waals surface area contributed by atoms with Crippen molar-refractivity contribution in [2.75, 3.05) is 37.0 Å². The van der Waals surface area contributed by atoms with Crippen molar-refractivity contribution in [3.05, 3.63) is 24.5 Å². The lowest BCUT2D eigenvalue weighted by atomic mass is 10.4. The molecule has 0 amide bonds. The third-order valence-corrected chi connectivity index (χ3v) is 2.82. The van der Waals surface area contributed by atoms with Crippen LogP contribution < -0.4 is 4.90 Å². The van der Waals surface area contributed by atoms with Crippen molar-refractivity contribution in [1.82, 2.24) is 15.0 Å². The fraction of sp³-hybridized carbons (Fsp3) is 0.417. The zero-order chi connectivity index (χ0) is 12.8. The van der Waals surface area contributed by atoms with E-state index in [1.807, 2.05) is 24.1 Å². The summed E-state index contributed by atoms with van der Waals surface area (Å²) in [7, 11) is 1.99. The second-order valence-electron chi connectivity index (χ2n) is 3.79. The summed E-state index contributed by atoms with van der Waals surface area (Å²) in [6.45, 7) is 2.21. The molecule has 0 atom stereocenters. The van der Waals surface area contributed by atoms with Gasteiger partial charge in [-0.3, -0.25) is 4.98 Å². The van der Waals surface area contributed by atoms with Gasteiger partial charge in [-0.25, -0.2) is 9.97 Å². The normalized spacial score (nSPS) is 10.8. The molecule has 6 heteroatoms. The van der Waals surface area contributed by atoms with Crippen LogP contribution in [0, 0.1) is 0 Å². The Morgan fingerprint density at radius 2 is 2.06 bits per heavy atom. The van der Waals surface area contributed by atoms with Gasteiger partial charge in [-0.15, -0.1) is 0 Å². The van der Waals surface area contributed by atoms with Crippen molar-refractivity contribution >= 4 is 32.9 Å². The zero-order valence-electron chi connectivity index (χ0n) is 10.2. The minimum absolute atomic E-state index is 0.670. The van der Waals surface area contributed by atoms with Gasteiger partial charge in [-0.05, 0) is 12.1 Å². The Morgan fingerprint density at radius 1 is 1.22 bits per heavy atom. The number of ether oxygens (including phenoxy) is 1. The quantitative estimate of drug-likeness (QED) is 0.602. The Bertz CT molecular complexity index is 508. The van der Waals surface area contributed by atoms with Crippen molar-refractivity contribution in [1.29, 1.82) is 0 Å². The molecule has 0 spiro atoms. The lowest BCUT2D eigenvalue weighted by Crippen LogP contribution is -2.23. The molecule has 2 aromatic rings. The van der Waals surface area contributed by atoms with Crippen LogP contribution in [0.1, 0.15) is 0 Å². The van der Waals surface area contributed by atoms with Gasteiger partial charge in [-0.1, -0.05) is 15.9 Å².